The lowest BCUT2D eigenvalue weighted by atomic mass is 9.88. The topological polar surface area (TPSA) is 142 Å². The molecular formula is C30H33N7O3. The van der Waals surface area contributed by atoms with Gasteiger partial charge in [0.1, 0.15) is 23.2 Å². The predicted octanol–water partition coefficient (Wildman–Crippen LogP) is 3.60. The fourth-order valence-corrected chi connectivity index (χ4v) is 6.87. The van der Waals surface area contributed by atoms with Gasteiger partial charge in [-0.05, 0) is 42.7 Å². The van der Waals surface area contributed by atoms with E-state index in [1.54, 1.807) is 0 Å². The smallest absolute Gasteiger partial charge is 0.223 e. The Morgan fingerprint density at radius 2 is 2.17 bits per heavy atom. The van der Waals surface area contributed by atoms with Crippen LogP contribution in [-0.2, 0) is 9.53 Å². The molecule has 0 unspecified atom stereocenters. The summed E-state index contributed by atoms with van der Waals surface area (Å²) in [6, 6.07) is 8.69. The third kappa shape index (κ3) is 4.07. The van der Waals surface area contributed by atoms with Crippen molar-refractivity contribution in [1.29, 1.82) is 5.26 Å². The number of H-pyrrole nitrogens is 1. The number of nitriles is 1. The Hall–Kier alpha value is -4.10. The summed E-state index contributed by atoms with van der Waals surface area (Å²) in [6.45, 7) is 6.46. The molecule has 206 valence electrons. The number of fused-ring (bicyclic) bond motifs is 5. The lowest BCUT2D eigenvalue weighted by Gasteiger charge is -2.29. The highest BCUT2D eigenvalue weighted by Gasteiger charge is 2.48. The minimum Gasteiger partial charge on any atom is -0.492 e. The molecule has 2 saturated heterocycles. The number of aromatic nitrogens is 3. The number of amides is 1. The van der Waals surface area contributed by atoms with Crippen molar-refractivity contribution in [3.63, 3.8) is 0 Å². The zero-order valence-electron chi connectivity index (χ0n) is 22.6. The van der Waals surface area contributed by atoms with Gasteiger partial charge in [-0.25, -0.2) is 9.97 Å². The Kier molecular flexibility index (Phi) is 5.93. The summed E-state index contributed by atoms with van der Waals surface area (Å²) >= 11 is 0. The quantitative estimate of drug-likeness (QED) is 0.369. The van der Waals surface area contributed by atoms with Gasteiger partial charge in [0.05, 0.1) is 48.1 Å². The number of hydrogen-bond acceptors (Lipinski definition) is 8. The van der Waals surface area contributed by atoms with Crippen LogP contribution >= 0.6 is 0 Å². The number of anilines is 2. The molecule has 2 aromatic heterocycles. The molecule has 3 aromatic rings. The zero-order chi connectivity index (χ0) is 27.5. The van der Waals surface area contributed by atoms with Gasteiger partial charge in [-0.2, -0.15) is 5.26 Å². The van der Waals surface area contributed by atoms with Gasteiger partial charge in [0.15, 0.2) is 5.65 Å². The van der Waals surface area contributed by atoms with Crippen LogP contribution in [0.1, 0.15) is 32.3 Å². The maximum absolute atomic E-state index is 12.3. The van der Waals surface area contributed by atoms with E-state index in [4.69, 9.17) is 20.2 Å². The first-order valence-corrected chi connectivity index (χ1v) is 14.1. The SMILES string of the molecule is CC(C)COc1cc(N2C[C@@H]3C[C@H]2CO3)ccc1-c1nc2ncc(C#N)c(N[C@H]3[C@@H](C(N)=O)[C@@H]4C=C[C@H]3C4)c2[nH]1. The van der Waals surface area contributed by atoms with Crippen LogP contribution in [0.5, 0.6) is 5.75 Å². The lowest BCUT2D eigenvalue weighted by molar-refractivity contribution is -0.122. The lowest BCUT2D eigenvalue weighted by Crippen LogP contribution is -2.41. The molecule has 0 radical (unpaired) electrons. The van der Waals surface area contributed by atoms with Crippen LogP contribution in [0, 0.1) is 35.0 Å². The molecule has 10 nitrogen and oxygen atoms in total. The molecule has 6 atom stereocenters. The zero-order valence-corrected chi connectivity index (χ0v) is 22.6. The van der Waals surface area contributed by atoms with Crippen LogP contribution in [0.25, 0.3) is 22.6 Å². The summed E-state index contributed by atoms with van der Waals surface area (Å²) in [6.07, 6.45) is 7.99. The number of rotatable bonds is 8. The van der Waals surface area contributed by atoms with Gasteiger partial charge in [-0.3, -0.25) is 4.79 Å². The van der Waals surface area contributed by atoms with Crippen LogP contribution in [0.2, 0.25) is 0 Å². The number of imidazole rings is 1. The first-order valence-electron chi connectivity index (χ1n) is 14.1. The molecule has 10 heteroatoms. The van der Waals surface area contributed by atoms with Gasteiger partial charge in [0.25, 0.3) is 0 Å². The van der Waals surface area contributed by atoms with Crippen LogP contribution in [-0.4, -0.2) is 58.8 Å². The highest BCUT2D eigenvalue weighted by atomic mass is 16.5. The molecule has 3 fully saturated rings. The summed E-state index contributed by atoms with van der Waals surface area (Å²) < 4.78 is 12.1. The summed E-state index contributed by atoms with van der Waals surface area (Å²) in [5, 5.41) is 13.4. The molecule has 2 aliphatic heterocycles. The molecule has 4 heterocycles. The Morgan fingerprint density at radius 3 is 2.90 bits per heavy atom. The fraction of sp³-hybridized carbons (Fsp3) is 0.467. The molecule has 4 bridgehead atoms. The summed E-state index contributed by atoms with van der Waals surface area (Å²) in [4.78, 5) is 27.5. The maximum atomic E-state index is 12.3. The van der Waals surface area contributed by atoms with Crippen molar-refractivity contribution in [3.8, 4) is 23.2 Å². The molecule has 1 amide bonds. The predicted molar refractivity (Wildman–Crippen MR) is 151 cm³/mol. The van der Waals surface area contributed by atoms with Gasteiger partial charge in [0.2, 0.25) is 5.91 Å². The average Bonchev–Trinajstić information content (AvgIpc) is 3.77. The largest absolute Gasteiger partial charge is 0.492 e. The van der Waals surface area contributed by atoms with Gasteiger partial charge < -0.3 is 30.4 Å². The number of ether oxygens (including phenoxy) is 2. The molecule has 4 N–H and O–H groups in total. The highest BCUT2D eigenvalue weighted by molar-refractivity contribution is 5.92. The van der Waals surface area contributed by atoms with E-state index < -0.39 is 0 Å². The summed E-state index contributed by atoms with van der Waals surface area (Å²) in [5.74, 6) is 1.35. The molecule has 1 aromatic carbocycles. The Bertz CT molecular complexity index is 1560. The Morgan fingerprint density at radius 1 is 1.32 bits per heavy atom. The van der Waals surface area contributed by atoms with Crippen LogP contribution < -0.4 is 20.7 Å². The third-order valence-electron chi connectivity index (χ3n) is 8.76. The molecule has 0 spiro atoms. The Labute approximate surface area is 232 Å². The number of hydrogen-bond donors (Lipinski definition) is 3. The summed E-state index contributed by atoms with van der Waals surface area (Å²) in [7, 11) is 0. The average molecular weight is 540 g/mol. The van der Waals surface area contributed by atoms with Crippen LogP contribution in [0.3, 0.4) is 0 Å². The van der Waals surface area contributed by atoms with Crippen LogP contribution in [0.15, 0.2) is 36.5 Å². The van der Waals surface area contributed by atoms with E-state index in [-0.39, 0.29) is 29.7 Å². The van der Waals surface area contributed by atoms with Gasteiger partial charge in [0, 0.05) is 30.5 Å². The van der Waals surface area contributed by atoms with E-state index >= 15 is 0 Å². The number of nitrogens with two attached hydrogens (primary N) is 1. The molecule has 40 heavy (non-hydrogen) atoms. The van der Waals surface area contributed by atoms with Gasteiger partial charge >= 0.3 is 0 Å². The number of carbonyl (C=O) groups excluding carboxylic acids is 1. The van der Waals surface area contributed by atoms with Crippen LogP contribution in [0.4, 0.5) is 11.4 Å². The standard InChI is InChI=1S/C30H33N7O3/c1-15(2)13-40-23-9-19(37-12-21-8-20(37)14-39-21)5-6-22(23)29-35-27-26(18(10-31)11-33-30(27)36-29)34-25-17-4-3-16(7-17)24(25)28(32)38/h3-6,9,11,15-17,20-21,24-25H,7-8,12-14H2,1-2H3,(H2,32,38)(H2,33,34,35,36)/t16-,17+,20+,21+,24+,25-/m1/s1. The van der Waals surface area contributed by atoms with E-state index in [2.05, 4.69) is 64.4 Å². The third-order valence-corrected chi connectivity index (χ3v) is 8.76. The van der Waals surface area contributed by atoms with E-state index in [1.807, 2.05) is 6.07 Å². The fourth-order valence-electron chi connectivity index (χ4n) is 6.87. The maximum Gasteiger partial charge on any atom is 0.223 e. The van der Waals surface area contributed by atoms with Crippen molar-refractivity contribution in [3.05, 3.63) is 42.1 Å². The second-order valence-corrected chi connectivity index (χ2v) is 11.9. The van der Waals surface area contributed by atoms with Crippen molar-refractivity contribution < 1.29 is 14.3 Å². The molecule has 4 aliphatic rings. The van der Waals surface area contributed by atoms with Crippen molar-refractivity contribution in [1.82, 2.24) is 15.0 Å². The number of benzene rings is 1. The number of allylic oxidation sites excluding steroid dienone is 1. The number of aromatic amines is 1. The van der Waals surface area contributed by atoms with Crippen molar-refractivity contribution in [2.45, 2.75) is 44.9 Å². The van der Waals surface area contributed by atoms with Crippen molar-refractivity contribution in [2.24, 2.45) is 29.4 Å². The van der Waals surface area contributed by atoms with Gasteiger partial charge in [-0.15, -0.1) is 0 Å². The first-order chi connectivity index (χ1) is 19.4. The second-order valence-electron chi connectivity index (χ2n) is 11.9. The number of pyridine rings is 1. The van der Waals surface area contributed by atoms with E-state index in [9.17, 15) is 10.1 Å². The number of primary amides is 1. The minimum absolute atomic E-state index is 0.122. The van der Waals surface area contributed by atoms with Crippen molar-refractivity contribution >= 4 is 28.4 Å². The van der Waals surface area contributed by atoms with Crippen molar-refractivity contribution in [2.75, 3.05) is 30.0 Å². The second kappa shape index (κ2) is 9.52. The number of morpholine rings is 1. The molecule has 2 aliphatic carbocycles. The number of nitrogens with zero attached hydrogens (tertiary/aromatic N) is 4. The molecule has 7 rings (SSSR count). The Balaban J connectivity index is 1.27. The molecule has 1 saturated carbocycles. The highest BCUT2D eigenvalue weighted by Crippen LogP contribution is 2.46. The first kappa shape index (κ1) is 24.9. The number of nitrogens with one attached hydrogen (secondary N) is 2. The van der Waals surface area contributed by atoms with E-state index in [0.29, 0.717) is 52.9 Å². The van der Waals surface area contributed by atoms with Gasteiger partial charge in [-0.1, -0.05) is 26.0 Å². The van der Waals surface area contributed by atoms with E-state index in [1.165, 1.54) is 6.20 Å². The molecular weight excluding hydrogens is 506 g/mol. The minimum atomic E-state index is -0.331. The summed E-state index contributed by atoms with van der Waals surface area (Å²) in [5.41, 5.74) is 9.83. The van der Waals surface area contributed by atoms with E-state index in [0.717, 1.165) is 43.0 Å². The normalized spacial score (nSPS) is 28.1. The number of carbonyl (C=O) groups is 1. The monoisotopic (exact) mass is 539 g/mol.